The van der Waals surface area contributed by atoms with Gasteiger partial charge in [0, 0.05) is 5.56 Å². The molecule has 0 fully saturated rings. The van der Waals surface area contributed by atoms with E-state index in [0.29, 0.717) is 11.3 Å². The number of benzene rings is 1. The van der Waals surface area contributed by atoms with Crippen molar-refractivity contribution in [1.29, 1.82) is 0 Å². The van der Waals surface area contributed by atoms with Gasteiger partial charge in [0.05, 0.1) is 7.11 Å². The molecular formula is C9H10N2O2S. The first-order valence-electron chi connectivity index (χ1n) is 3.88. The van der Waals surface area contributed by atoms with E-state index in [9.17, 15) is 4.79 Å². The maximum Gasteiger partial charge on any atom is 0.257 e. The van der Waals surface area contributed by atoms with Gasteiger partial charge in [-0.3, -0.25) is 10.1 Å². The predicted molar refractivity (Wildman–Crippen MR) is 57.2 cm³/mol. The second-order valence-corrected chi connectivity index (χ2v) is 2.99. The molecule has 0 heterocycles. The van der Waals surface area contributed by atoms with Crippen LogP contribution in [0.2, 0.25) is 0 Å². The van der Waals surface area contributed by atoms with E-state index in [2.05, 4.69) is 17.5 Å². The third kappa shape index (κ3) is 2.70. The standard InChI is InChI=1S/C9H10N2O2S/c1-13-7-4-2-6(3-5-7)8(12)11-9(10)14/h2-5H,1H3,(H3,10,11,12,14). The first-order chi connectivity index (χ1) is 6.63. The average Bonchev–Trinajstić information content (AvgIpc) is 2.17. The number of methoxy groups -OCH3 is 1. The van der Waals surface area contributed by atoms with Crippen LogP contribution in [0, 0.1) is 0 Å². The van der Waals surface area contributed by atoms with E-state index in [0.717, 1.165) is 0 Å². The number of ether oxygens (including phenoxy) is 1. The maximum absolute atomic E-state index is 11.3. The van der Waals surface area contributed by atoms with Crippen LogP contribution in [0.1, 0.15) is 10.4 Å². The normalized spacial score (nSPS) is 9.21. The van der Waals surface area contributed by atoms with Crippen LogP contribution in [0.15, 0.2) is 24.3 Å². The highest BCUT2D eigenvalue weighted by molar-refractivity contribution is 7.80. The molecule has 5 heteroatoms. The van der Waals surface area contributed by atoms with Gasteiger partial charge in [-0.05, 0) is 36.5 Å². The van der Waals surface area contributed by atoms with Crippen molar-refractivity contribution < 1.29 is 9.53 Å². The van der Waals surface area contributed by atoms with Gasteiger partial charge in [-0.2, -0.15) is 0 Å². The predicted octanol–water partition coefficient (Wildman–Crippen LogP) is 0.669. The number of nitrogens with one attached hydrogen (secondary N) is 1. The van der Waals surface area contributed by atoms with Crippen LogP contribution in [0.5, 0.6) is 5.75 Å². The van der Waals surface area contributed by atoms with E-state index < -0.39 is 0 Å². The molecule has 0 aliphatic carbocycles. The smallest absolute Gasteiger partial charge is 0.257 e. The SMILES string of the molecule is COc1ccc(C(=O)NC(N)=S)cc1. The van der Waals surface area contributed by atoms with Crippen molar-refractivity contribution in [2.24, 2.45) is 5.73 Å². The van der Waals surface area contributed by atoms with Crippen molar-refractivity contribution in [3.63, 3.8) is 0 Å². The lowest BCUT2D eigenvalue weighted by Gasteiger charge is -2.03. The van der Waals surface area contributed by atoms with Gasteiger partial charge in [0.1, 0.15) is 5.75 Å². The number of carbonyl (C=O) groups excluding carboxylic acids is 1. The Morgan fingerprint density at radius 1 is 1.43 bits per heavy atom. The third-order valence-electron chi connectivity index (χ3n) is 1.59. The zero-order valence-corrected chi connectivity index (χ0v) is 8.43. The molecule has 0 spiro atoms. The summed E-state index contributed by atoms with van der Waals surface area (Å²) < 4.78 is 4.95. The van der Waals surface area contributed by atoms with E-state index in [1.807, 2.05) is 0 Å². The fraction of sp³-hybridized carbons (Fsp3) is 0.111. The summed E-state index contributed by atoms with van der Waals surface area (Å²) in [5, 5.41) is 2.29. The molecule has 0 unspecified atom stereocenters. The summed E-state index contributed by atoms with van der Waals surface area (Å²) in [4.78, 5) is 11.3. The lowest BCUT2D eigenvalue weighted by atomic mass is 10.2. The first kappa shape index (κ1) is 10.5. The molecule has 0 bridgehead atoms. The van der Waals surface area contributed by atoms with Gasteiger partial charge in [0.2, 0.25) is 0 Å². The van der Waals surface area contributed by atoms with Crippen LogP contribution >= 0.6 is 12.2 Å². The van der Waals surface area contributed by atoms with Crippen LogP contribution in [-0.2, 0) is 0 Å². The molecule has 0 saturated heterocycles. The van der Waals surface area contributed by atoms with E-state index in [4.69, 9.17) is 10.5 Å². The topological polar surface area (TPSA) is 64.3 Å². The second-order valence-electron chi connectivity index (χ2n) is 2.55. The molecule has 1 aromatic carbocycles. The number of thiocarbonyl (C=S) groups is 1. The fourth-order valence-corrected chi connectivity index (χ4v) is 1.02. The molecule has 1 aromatic rings. The van der Waals surface area contributed by atoms with Crippen LogP contribution in [0.4, 0.5) is 0 Å². The largest absolute Gasteiger partial charge is 0.497 e. The number of carbonyl (C=O) groups is 1. The van der Waals surface area contributed by atoms with E-state index in [-0.39, 0.29) is 11.0 Å². The van der Waals surface area contributed by atoms with Gasteiger partial charge >= 0.3 is 0 Å². The minimum atomic E-state index is -0.319. The minimum absolute atomic E-state index is 0.0363. The summed E-state index contributed by atoms with van der Waals surface area (Å²) in [7, 11) is 1.56. The summed E-state index contributed by atoms with van der Waals surface area (Å²) >= 11 is 4.54. The summed E-state index contributed by atoms with van der Waals surface area (Å²) in [6.45, 7) is 0. The molecule has 0 radical (unpaired) electrons. The maximum atomic E-state index is 11.3. The lowest BCUT2D eigenvalue weighted by Crippen LogP contribution is -2.34. The van der Waals surface area contributed by atoms with Gasteiger partial charge in [-0.1, -0.05) is 0 Å². The van der Waals surface area contributed by atoms with Gasteiger partial charge in [-0.25, -0.2) is 0 Å². The molecule has 0 aliphatic heterocycles. The molecule has 0 saturated carbocycles. The van der Waals surface area contributed by atoms with Crippen molar-refractivity contribution in [3.05, 3.63) is 29.8 Å². The van der Waals surface area contributed by atoms with Gasteiger partial charge in [-0.15, -0.1) is 0 Å². The van der Waals surface area contributed by atoms with Crippen LogP contribution in [-0.4, -0.2) is 18.1 Å². The van der Waals surface area contributed by atoms with Gasteiger partial charge in [0.25, 0.3) is 5.91 Å². The van der Waals surface area contributed by atoms with Crippen LogP contribution in [0.3, 0.4) is 0 Å². The Morgan fingerprint density at radius 2 is 2.00 bits per heavy atom. The number of hydrogen-bond donors (Lipinski definition) is 2. The van der Waals surface area contributed by atoms with Crippen LogP contribution < -0.4 is 15.8 Å². The van der Waals surface area contributed by atoms with Crippen molar-refractivity contribution >= 4 is 23.2 Å². The molecule has 0 aliphatic rings. The molecule has 3 N–H and O–H groups in total. The molecule has 74 valence electrons. The van der Waals surface area contributed by atoms with Crippen molar-refractivity contribution in [1.82, 2.24) is 5.32 Å². The number of hydrogen-bond acceptors (Lipinski definition) is 3. The molecule has 1 amide bonds. The zero-order valence-electron chi connectivity index (χ0n) is 7.61. The van der Waals surface area contributed by atoms with Gasteiger partial charge in [0.15, 0.2) is 5.11 Å². The Kier molecular flexibility index (Phi) is 3.41. The zero-order chi connectivity index (χ0) is 10.6. The van der Waals surface area contributed by atoms with E-state index >= 15 is 0 Å². The van der Waals surface area contributed by atoms with Crippen molar-refractivity contribution in [2.45, 2.75) is 0 Å². The Balaban J connectivity index is 2.76. The third-order valence-corrected chi connectivity index (χ3v) is 1.69. The fourth-order valence-electron chi connectivity index (χ4n) is 0.926. The highest BCUT2D eigenvalue weighted by Gasteiger charge is 2.05. The Morgan fingerprint density at radius 3 is 2.43 bits per heavy atom. The first-order valence-corrected chi connectivity index (χ1v) is 4.29. The van der Waals surface area contributed by atoms with Crippen molar-refractivity contribution in [3.8, 4) is 5.75 Å². The van der Waals surface area contributed by atoms with E-state index in [1.54, 1.807) is 31.4 Å². The monoisotopic (exact) mass is 210 g/mol. The molecule has 0 aromatic heterocycles. The molecule has 14 heavy (non-hydrogen) atoms. The lowest BCUT2D eigenvalue weighted by molar-refractivity contribution is 0.0977. The highest BCUT2D eigenvalue weighted by Crippen LogP contribution is 2.10. The quantitative estimate of drug-likeness (QED) is 0.704. The Labute approximate surface area is 87.0 Å². The van der Waals surface area contributed by atoms with Gasteiger partial charge < -0.3 is 10.5 Å². The second kappa shape index (κ2) is 4.57. The summed E-state index contributed by atoms with van der Waals surface area (Å²) in [6, 6.07) is 6.64. The Hall–Kier alpha value is -1.62. The molecular weight excluding hydrogens is 200 g/mol. The highest BCUT2D eigenvalue weighted by atomic mass is 32.1. The van der Waals surface area contributed by atoms with Crippen LogP contribution in [0.25, 0.3) is 0 Å². The summed E-state index contributed by atoms with van der Waals surface area (Å²) in [5.41, 5.74) is 5.65. The average molecular weight is 210 g/mol. The summed E-state index contributed by atoms with van der Waals surface area (Å²) in [5.74, 6) is 0.372. The molecule has 0 atom stereocenters. The molecule has 1 rings (SSSR count). The van der Waals surface area contributed by atoms with Crippen molar-refractivity contribution in [2.75, 3.05) is 7.11 Å². The number of amides is 1. The molecule has 4 nitrogen and oxygen atoms in total. The minimum Gasteiger partial charge on any atom is -0.497 e. The number of nitrogens with two attached hydrogens (primary N) is 1. The van der Waals surface area contributed by atoms with E-state index in [1.165, 1.54) is 0 Å². The number of rotatable bonds is 2. The Bertz CT molecular complexity index is 348. The summed E-state index contributed by atoms with van der Waals surface area (Å²) in [6.07, 6.45) is 0.